The number of nitrogens with zero attached hydrogens (tertiary/aromatic N) is 1. The molecule has 98 valence electrons. The van der Waals surface area contributed by atoms with E-state index in [0.29, 0.717) is 0 Å². The maximum Gasteiger partial charge on any atom is 0.248 e. The number of carbonyl (C=O) groups is 1. The summed E-state index contributed by atoms with van der Waals surface area (Å²) in [7, 11) is 0. The Morgan fingerprint density at radius 1 is 1.33 bits per heavy atom. The third-order valence-electron chi connectivity index (χ3n) is 3.43. The lowest BCUT2D eigenvalue weighted by Crippen LogP contribution is -2.34. The Balaban J connectivity index is 2.26. The standard InChI is InChI=1S/C15H22N2O/c1-10-5-6-12-11(9-10)13(16)14(18)17(12)8-7-15(2,3)4/h5-6,9,13H,7-8,16H2,1-4H3. The Morgan fingerprint density at radius 3 is 2.61 bits per heavy atom. The molecule has 0 aliphatic carbocycles. The highest BCUT2D eigenvalue weighted by atomic mass is 16.2. The fourth-order valence-electron chi connectivity index (χ4n) is 2.27. The molecule has 0 saturated carbocycles. The number of fused-ring (bicyclic) bond motifs is 1. The fourth-order valence-corrected chi connectivity index (χ4v) is 2.27. The summed E-state index contributed by atoms with van der Waals surface area (Å²) in [5.74, 6) is 0.0276. The minimum atomic E-state index is -0.486. The summed E-state index contributed by atoms with van der Waals surface area (Å²) < 4.78 is 0. The molecule has 1 aliphatic rings. The molecule has 0 radical (unpaired) electrons. The van der Waals surface area contributed by atoms with Crippen molar-refractivity contribution in [3.05, 3.63) is 29.3 Å². The lowest BCUT2D eigenvalue weighted by Gasteiger charge is -2.24. The van der Waals surface area contributed by atoms with Gasteiger partial charge in [-0.05, 0) is 24.8 Å². The monoisotopic (exact) mass is 246 g/mol. The lowest BCUT2D eigenvalue weighted by molar-refractivity contribution is -0.119. The third kappa shape index (κ3) is 2.41. The molecule has 2 rings (SSSR count). The molecule has 3 nitrogen and oxygen atoms in total. The first kappa shape index (κ1) is 13.1. The Kier molecular flexibility index (Phi) is 3.20. The van der Waals surface area contributed by atoms with Crippen LogP contribution in [0.2, 0.25) is 0 Å². The molecule has 1 atom stereocenters. The van der Waals surface area contributed by atoms with Crippen molar-refractivity contribution in [3.63, 3.8) is 0 Å². The van der Waals surface area contributed by atoms with E-state index in [-0.39, 0.29) is 11.3 Å². The average Bonchev–Trinajstić information content (AvgIpc) is 2.49. The Hall–Kier alpha value is -1.35. The molecule has 0 fully saturated rings. The molecular formula is C15H22N2O. The van der Waals surface area contributed by atoms with Crippen molar-refractivity contribution in [2.75, 3.05) is 11.4 Å². The van der Waals surface area contributed by atoms with Crippen LogP contribution in [0.1, 0.15) is 44.4 Å². The third-order valence-corrected chi connectivity index (χ3v) is 3.43. The predicted octanol–water partition coefficient (Wildman–Crippen LogP) is 2.78. The second-order valence-corrected chi connectivity index (χ2v) is 6.34. The van der Waals surface area contributed by atoms with Gasteiger partial charge in [-0.15, -0.1) is 0 Å². The number of amides is 1. The van der Waals surface area contributed by atoms with Crippen molar-refractivity contribution < 1.29 is 4.79 Å². The van der Waals surface area contributed by atoms with Crippen LogP contribution in [0.3, 0.4) is 0 Å². The molecule has 1 unspecified atom stereocenters. The summed E-state index contributed by atoms with van der Waals surface area (Å²) in [5.41, 5.74) is 9.32. The number of benzene rings is 1. The van der Waals surface area contributed by atoms with Crippen LogP contribution in [0.25, 0.3) is 0 Å². The summed E-state index contributed by atoms with van der Waals surface area (Å²) in [4.78, 5) is 14.0. The first-order valence-electron chi connectivity index (χ1n) is 6.47. The van der Waals surface area contributed by atoms with Gasteiger partial charge in [0.15, 0.2) is 0 Å². The van der Waals surface area contributed by atoms with Crippen LogP contribution in [0, 0.1) is 12.3 Å². The molecule has 2 N–H and O–H groups in total. The Labute approximate surface area is 109 Å². The van der Waals surface area contributed by atoms with Gasteiger partial charge in [0.25, 0.3) is 0 Å². The molecule has 1 aromatic rings. The molecule has 1 amide bonds. The van der Waals surface area contributed by atoms with Gasteiger partial charge in [-0.1, -0.05) is 38.5 Å². The highest BCUT2D eigenvalue weighted by Crippen LogP contribution is 2.36. The molecule has 0 aromatic heterocycles. The Morgan fingerprint density at radius 2 is 2.00 bits per heavy atom. The summed E-state index contributed by atoms with van der Waals surface area (Å²) in [5, 5.41) is 0. The topological polar surface area (TPSA) is 46.3 Å². The van der Waals surface area contributed by atoms with E-state index < -0.39 is 6.04 Å². The smallest absolute Gasteiger partial charge is 0.248 e. The molecule has 18 heavy (non-hydrogen) atoms. The number of hydrogen-bond acceptors (Lipinski definition) is 2. The fraction of sp³-hybridized carbons (Fsp3) is 0.533. The van der Waals surface area contributed by atoms with E-state index in [2.05, 4.69) is 20.8 Å². The SMILES string of the molecule is Cc1ccc2c(c1)C(N)C(=O)N2CCC(C)(C)C. The maximum atomic E-state index is 12.2. The van der Waals surface area contributed by atoms with E-state index in [1.165, 1.54) is 0 Å². The minimum Gasteiger partial charge on any atom is -0.316 e. The van der Waals surface area contributed by atoms with Crippen molar-refractivity contribution in [2.45, 2.75) is 40.2 Å². The summed E-state index contributed by atoms with van der Waals surface area (Å²) in [6.45, 7) is 9.32. The van der Waals surface area contributed by atoms with E-state index >= 15 is 0 Å². The van der Waals surface area contributed by atoms with E-state index in [1.807, 2.05) is 30.0 Å². The molecule has 0 spiro atoms. The zero-order valence-electron chi connectivity index (χ0n) is 11.7. The zero-order chi connectivity index (χ0) is 13.5. The van der Waals surface area contributed by atoms with Crippen molar-refractivity contribution >= 4 is 11.6 Å². The number of anilines is 1. The van der Waals surface area contributed by atoms with E-state index in [4.69, 9.17) is 5.73 Å². The molecule has 0 saturated heterocycles. The molecular weight excluding hydrogens is 224 g/mol. The van der Waals surface area contributed by atoms with Crippen molar-refractivity contribution in [2.24, 2.45) is 11.1 Å². The molecule has 0 bridgehead atoms. The maximum absolute atomic E-state index is 12.2. The summed E-state index contributed by atoms with van der Waals surface area (Å²) in [6, 6.07) is 5.58. The molecule has 3 heteroatoms. The van der Waals surface area contributed by atoms with Crippen molar-refractivity contribution in [1.82, 2.24) is 0 Å². The average molecular weight is 246 g/mol. The van der Waals surface area contributed by atoms with E-state index in [1.54, 1.807) is 0 Å². The number of hydrogen-bond donors (Lipinski definition) is 1. The van der Waals surface area contributed by atoms with Crippen molar-refractivity contribution in [1.29, 1.82) is 0 Å². The van der Waals surface area contributed by atoms with Gasteiger partial charge < -0.3 is 10.6 Å². The van der Waals surface area contributed by atoms with Gasteiger partial charge in [-0.25, -0.2) is 0 Å². The van der Waals surface area contributed by atoms with Gasteiger partial charge in [-0.2, -0.15) is 0 Å². The lowest BCUT2D eigenvalue weighted by atomic mass is 9.92. The number of rotatable bonds is 2. The summed E-state index contributed by atoms with van der Waals surface area (Å²) >= 11 is 0. The normalized spacial score (nSPS) is 19.3. The predicted molar refractivity (Wildman–Crippen MR) is 74.5 cm³/mol. The van der Waals surface area contributed by atoms with Gasteiger partial charge in [-0.3, -0.25) is 4.79 Å². The van der Waals surface area contributed by atoms with Gasteiger partial charge in [0.2, 0.25) is 5.91 Å². The molecule has 1 heterocycles. The molecule has 1 aliphatic heterocycles. The second-order valence-electron chi connectivity index (χ2n) is 6.34. The Bertz CT molecular complexity index is 474. The van der Waals surface area contributed by atoms with Crippen LogP contribution in [-0.4, -0.2) is 12.5 Å². The first-order chi connectivity index (χ1) is 8.29. The van der Waals surface area contributed by atoms with Crippen LogP contribution in [-0.2, 0) is 4.79 Å². The van der Waals surface area contributed by atoms with Gasteiger partial charge >= 0.3 is 0 Å². The van der Waals surface area contributed by atoms with Crippen LogP contribution >= 0.6 is 0 Å². The number of aryl methyl sites for hydroxylation is 1. The van der Waals surface area contributed by atoms with Crippen molar-refractivity contribution in [3.8, 4) is 0 Å². The second kappa shape index (κ2) is 4.39. The minimum absolute atomic E-state index is 0.0276. The van der Waals surface area contributed by atoms with Crippen LogP contribution < -0.4 is 10.6 Å². The highest BCUT2D eigenvalue weighted by Gasteiger charge is 2.34. The number of nitrogens with two attached hydrogens (primary N) is 1. The van der Waals surface area contributed by atoms with E-state index in [0.717, 1.165) is 29.8 Å². The zero-order valence-corrected chi connectivity index (χ0v) is 11.7. The highest BCUT2D eigenvalue weighted by molar-refractivity contribution is 6.04. The molecule has 1 aromatic carbocycles. The van der Waals surface area contributed by atoms with Gasteiger partial charge in [0, 0.05) is 17.8 Å². The largest absolute Gasteiger partial charge is 0.316 e. The van der Waals surface area contributed by atoms with Crippen LogP contribution in [0.4, 0.5) is 5.69 Å². The number of carbonyl (C=O) groups excluding carboxylic acids is 1. The first-order valence-corrected chi connectivity index (χ1v) is 6.47. The van der Waals surface area contributed by atoms with Gasteiger partial charge in [0.1, 0.15) is 6.04 Å². The van der Waals surface area contributed by atoms with Crippen LogP contribution in [0.5, 0.6) is 0 Å². The summed E-state index contributed by atoms with van der Waals surface area (Å²) in [6.07, 6.45) is 0.971. The van der Waals surface area contributed by atoms with E-state index in [9.17, 15) is 4.79 Å². The quantitative estimate of drug-likeness (QED) is 0.872. The van der Waals surface area contributed by atoms with Gasteiger partial charge in [0.05, 0.1) is 0 Å². The van der Waals surface area contributed by atoms with Crippen LogP contribution in [0.15, 0.2) is 18.2 Å².